The molecule has 26 heavy (non-hydrogen) atoms. The highest BCUT2D eigenvalue weighted by Gasteiger charge is 2.42. The number of ether oxygens (including phenoxy) is 4. The van der Waals surface area contributed by atoms with E-state index >= 15 is 0 Å². The first-order valence-electron chi connectivity index (χ1n) is 8.25. The minimum Gasteiger partial charge on any atom is -0.463 e. The molecule has 0 bridgehead atoms. The number of unbranched alkanes of at least 4 members (excludes halogenated alkanes) is 2. The third kappa shape index (κ3) is 9.82. The second-order valence-electron chi connectivity index (χ2n) is 5.13. The summed E-state index contributed by atoms with van der Waals surface area (Å²) in [4.78, 5) is 47.5. The van der Waals surface area contributed by atoms with E-state index in [1.54, 1.807) is 0 Å². The smallest absolute Gasteiger partial charge is 0.352 e. The van der Waals surface area contributed by atoms with Crippen LogP contribution in [0.3, 0.4) is 0 Å². The van der Waals surface area contributed by atoms with Gasteiger partial charge in [0.25, 0.3) is 0 Å². The zero-order chi connectivity index (χ0) is 19.9. The monoisotopic (exact) mass is 414 g/mol. The number of hydrogen-bond donors (Lipinski definition) is 0. The second kappa shape index (κ2) is 14.6. The molecule has 0 aliphatic carbocycles. The highest BCUT2D eigenvalue weighted by atomic mass is 35.5. The highest BCUT2D eigenvalue weighted by molar-refractivity contribution is 6.26. The Bertz CT molecular complexity index is 427. The van der Waals surface area contributed by atoms with Gasteiger partial charge in [-0.25, -0.2) is 9.59 Å². The van der Waals surface area contributed by atoms with Gasteiger partial charge in [-0.2, -0.15) is 0 Å². The Morgan fingerprint density at radius 2 is 1.08 bits per heavy atom. The molecule has 0 aromatic carbocycles. The van der Waals surface area contributed by atoms with E-state index in [9.17, 15) is 19.2 Å². The van der Waals surface area contributed by atoms with Gasteiger partial charge in [0.05, 0.1) is 13.2 Å². The molecule has 0 rings (SSSR count). The molecule has 0 heterocycles. The molecule has 0 fully saturated rings. The standard InChI is InChI=1S/C16H24Cl2O8/c1-3-5-7-23-15(21)13(25-11(19)9-17)14(26-12(20)10-18)16(22)24-8-6-4-2/h13-14H,3-10H2,1-2H3/t13-,14-/m1/s1. The van der Waals surface area contributed by atoms with Gasteiger partial charge < -0.3 is 18.9 Å². The lowest BCUT2D eigenvalue weighted by Crippen LogP contribution is -2.47. The first kappa shape index (κ1) is 24.5. The van der Waals surface area contributed by atoms with Gasteiger partial charge in [0.2, 0.25) is 12.2 Å². The largest absolute Gasteiger partial charge is 0.463 e. The van der Waals surface area contributed by atoms with Crippen molar-refractivity contribution in [1.29, 1.82) is 0 Å². The third-order valence-electron chi connectivity index (χ3n) is 2.96. The molecule has 0 spiro atoms. The number of halogens is 2. The predicted molar refractivity (Wildman–Crippen MR) is 92.9 cm³/mol. The van der Waals surface area contributed by atoms with E-state index in [1.807, 2.05) is 13.8 Å². The summed E-state index contributed by atoms with van der Waals surface area (Å²) in [5.41, 5.74) is 0. The molecule has 2 atom stereocenters. The molecule has 0 aromatic rings. The Labute approximate surface area is 162 Å². The summed E-state index contributed by atoms with van der Waals surface area (Å²) < 4.78 is 19.7. The number of hydrogen-bond acceptors (Lipinski definition) is 8. The van der Waals surface area contributed by atoms with Crippen LogP contribution in [-0.4, -0.2) is 61.1 Å². The maximum absolute atomic E-state index is 12.2. The lowest BCUT2D eigenvalue weighted by atomic mass is 10.2. The lowest BCUT2D eigenvalue weighted by molar-refractivity contribution is -0.190. The summed E-state index contributed by atoms with van der Waals surface area (Å²) in [5.74, 6) is -5.21. The summed E-state index contributed by atoms with van der Waals surface area (Å²) in [5, 5.41) is 0. The van der Waals surface area contributed by atoms with E-state index in [2.05, 4.69) is 0 Å². The summed E-state index contributed by atoms with van der Waals surface area (Å²) >= 11 is 10.8. The van der Waals surface area contributed by atoms with E-state index in [0.29, 0.717) is 12.8 Å². The molecule has 0 aliphatic heterocycles. The first-order valence-corrected chi connectivity index (χ1v) is 9.32. The van der Waals surface area contributed by atoms with Gasteiger partial charge >= 0.3 is 23.9 Å². The van der Waals surface area contributed by atoms with Crippen LogP contribution < -0.4 is 0 Å². The van der Waals surface area contributed by atoms with Crippen molar-refractivity contribution in [2.24, 2.45) is 0 Å². The fourth-order valence-corrected chi connectivity index (χ4v) is 1.74. The predicted octanol–water partition coefficient (Wildman–Crippen LogP) is 1.97. The second-order valence-corrected chi connectivity index (χ2v) is 5.66. The van der Waals surface area contributed by atoms with Crippen molar-refractivity contribution in [2.75, 3.05) is 25.0 Å². The van der Waals surface area contributed by atoms with Crippen molar-refractivity contribution in [3.63, 3.8) is 0 Å². The van der Waals surface area contributed by atoms with Crippen LogP contribution in [-0.2, 0) is 38.1 Å². The molecule has 0 aliphatic rings. The summed E-state index contributed by atoms with van der Waals surface area (Å²) in [6.45, 7) is 3.86. The molecule has 0 aromatic heterocycles. The van der Waals surface area contributed by atoms with Gasteiger partial charge in [-0.1, -0.05) is 26.7 Å². The lowest BCUT2D eigenvalue weighted by Gasteiger charge is -2.24. The van der Waals surface area contributed by atoms with E-state index in [-0.39, 0.29) is 13.2 Å². The SMILES string of the molecule is CCCCOC(=O)[C@H](OC(=O)CCl)[C@@H](OC(=O)CCl)C(=O)OCCCC. The Kier molecular flexibility index (Phi) is 13.7. The van der Waals surface area contributed by atoms with Crippen molar-refractivity contribution < 1.29 is 38.1 Å². The zero-order valence-corrected chi connectivity index (χ0v) is 16.3. The molecular weight excluding hydrogens is 391 g/mol. The average molecular weight is 415 g/mol. The number of carbonyl (C=O) groups is 4. The maximum Gasteiger partial charge on any atom is 0.352 e. The van der Waals surface area contributed by atoms with E-state index in [1.165, 1.54) is 0 Å². The Balaban J connectivity index is 5.36. The van der Waals surface area contributed by atoms with Gasteiger partial charge in [0.15, 0.2) is 0 Å². The summed E-state index contributed by atoms with van der Waals surface area (Å²) in [7, 11) is 0. The fourth-order valence-electron chi connectivity index (χ4n) is 1.61. The van der Waals surface area contributed by atoms with Crippen LogP contribution in [0.5, 0.6) is 0 Å². The quantitative estimate of drug-likeness (QED) is 0.195. The van der Waals surface area contributed by atoms with Gasteiger partial charge in [-0.3, -0.25) is 9.59 Å². The van der Waals surface area contributed by atoms with E-state index < -0.39 is 47.8 Å². The summed E-state index contributed by atoms with van der Waals surface area (Å²) in [6.07, 6.45) is -1.03. The van der Waals surface area contributed by atoms with Crippen LogP contribution in [0.4, 0.5) is 0 Å². The Morgan fingerprint density at radius 1 is 0.731 bits per heavy atom. The van der Waals surface area contributed by atoms with Crippen LogP contribution in [0.25, 0.3) is 0 Å². The van der Waals surface area contributed by atoms with Gasteiger partial charge in [-0.15, -0.1) is 23.2 Å². The van der Waals surface area contributed by atoms with Crippen LogP contribution >= 0.6 is 23.2 Å². The molecule has 10 heteroatoms. The van der Waals surface area contributed by atoms with Crippen molar-refractivity contribution in [3.05, 3.63) is 0 Å². The molecule has 0 unspecified atom stereocenters. The number of esters is 4. The number of carbonyl (C=O) groups excluding carboxylic acids is 4. The van der Waals surface area contributed by atoms with Crippen LogP contribution in [0, 0.1) is 0 Å². The molecule has 0 saturated carbocycles. The fraction of sp³-hybridized carbons (Fsp3) is 0.750. The average Bonchev–Trinajstić information content (AvgIpc) is 2.64. The first-order chi connectivity index (χ1) is 12.4. The molecule has 0 saturated heterocycles. The summed E-state index contributed by atoms with van der Waals surface area (Å²) in [6, 6.07) is 0. The topological polar surface area (TPSA) is 105 Å². The molecular formula is C16H24Cl2O8. The molecule has 0 radical (unpaired) electrons. The van der Waals surface area contributed by atoms with Gasteiger partial charge in [-0.05, 0) is 12.8 Å². The van der Waals surface area contributed by atoms with Crippen LogP contribution in [0.1, 0.15) is 39.5 Å². The minimum atomic E-state index is -1.83. The molecule has 0 N–H and O–H groups in total. The zero-order valence-electron chi connectivity index (χ0n) is 14.8. The Morgan fingerprint density at radius 3 is 1.35 bits per heavy atom. The highest BCUT2D eigenvalue weighted by Crippen LogP contribution is 2.12. The van der Waals surface area contributed by atoms with E-state index in [4.69, 9.17) is 42.1 Å². The minimum absolute atomic E-state index is 0.0469. The maximum atomic E-state index is 12.2. The third-order valence-corrected chi connectivity index (χ3v) is 3.40. The number of rotatable bonds is 13. The van der Waals surface area contributed by atoms with Crippen molar-refractivity contribution in [1.82, 2.24) is 0 Å². The molecule has 0 amide bonds. The van der Waals surface area contributed by atoms with Crippen LogP contribution in [0.2, 0.25) is 0 Å². The van der Waals surface area contributed by atoms with Crippen molar-refractivity contribution in [3.8, 4) is 0 Å². The number of alkyl halides is 2. The van der Waals surface area contributed by atoms with Gasteiger partial charge in [0.1, 0.15) is 11.8 Å². The molecule has 150 valence electrons. The normalized spacial score (nSPS) is 12.6. The van der Waals surface area contributed by atoms with Crippen LogP contribution in [0.15, 0.2) is 0 Å². The molecule has 8 nitrogen and oxygen atoms in total. The van der Waals surface area contributed by atoms with Gasteiger partial charge in [0, 0.05) is 0 Å². The van der Waals surface area contributed by atoms with Crippen molar-refractivity contribution in [2.45, 2.75) is 51.7 Å². The van der Waals surface area contributed by atoms with Crippen molar-refractivity contribution >= 4 is 47.1 Å². The Hall–Kier alpha value is -1.54. The van der Waals surface area contributed by atoms with E-state index in [0.717, 1.165) is 12.8 Å².